The van der Waals surface area contributed by atoms with Crippen LogP contribution in [0.15, 0.2) is 16.6 Å². The Morgan fingerprint density at radius 3 is 2.22 bits per heavy atom. The number of hydrogen-bond acceptors (Lipinski definition) is 2. The molecule has 2 nitrogen and oxygen atoms in total. The van der Waals surface area contributed by atoms with E-state index in [9.17, 15) is 4.79 Å². The van der Waals surface area contributed by atoms with Crippen molar-refractivity contribution in [2.45, 2.75) is 13.8 Å². The van der Waals surface area contributed by atoms with Gasteiger partial charge in [-0.05, 0) is 13.8 Å². The number of Topliss-reactive ketones (excluding diaryl/α,β-unsaturated/α-hetero) is 1. The standard InChI is InChI=1S/C7H11NO/c1-4-7(5-8-3)6(2)9/h4-5H,1-3H3/b7-4-,8-5?. The first-order valence-corrected chi connectivity index (χ1v) is 2.81. The Hall–Kier alpha value is -0.920. The van der Waals surface area contributed by atoms with Crippen molar-refractivity contribution in [3.8, 4) is 0 Å². The van der Waals surface area contributed by atoms with E-state index in [0.717, 1.165) is 0 Å². The van der Waals surface area contributed by atoms with E-state index in [0.29, 0.717) is 5.57 Å². The van der Waals surface area contributed by atoms with E-state index in [1.165, 1.54) is 6.92 Å². The average Bonchev–Trinajstić information content (AvgIpc) is 1.82. The molecule has 0 saturated carbocycles. The van der Waals surface area contributed by atoms with Crippen molar-refractivity contribution >= 4 is 12.0 Å². The summed E-state index contributed by atoms with van der Waals surface area (Å²) in [5, 5.41) is 0. The summed E-state index contributed by atoms with van der Waals surface area (Å²) in [5.74, 6) is 0.0584. The molecule has 0 aliphatic carbocycles. The lowest BCUT2D eigenvalue weighted by molar-refractivity contribution is -0.113. The predicted octanol–water partition coefficient (Wildman–Crippen LogP) is 1.22. The van der Waals surface area contributed by atoms with Crippen LogP contribution < -0.4 is 0 Å². The Morgan fingerprint density at radius 1 is 1.56 bits per heavy atom. The van der Waals surface area contributed by atoms with E-state index < -0.39 is 0 Å². The lowest BCUT2D eigenvalue weighted by Crippen LogP contribution is -1.96. The summed E-state index contributed by atoms with van der Waals surface area (Å²) in [5.41, 5.74) is 0.664. The summed E-state index contributed by atoms with van der Waals surface area (Å²) in [4.78, 5) is 14.3. The van der Waals surface area contributed by atoms with Gasteiger partial charge in [0.1, 0.15) is 0 Å². The monoisotopic (exact) mass is 125 g/mol. The molecule has 0 spiro atoms. The van der Waals surface area contributed by atoms with E-state index in [1.54, 1.807) is 19.3 Å². The molecule has 0 N–H and O–H groups in total. The Bertz CT molecular complexity index is 156. The van der Waals surface area contributed by atoms with Gasteiger partial charge in [-0.15, -0.1) is 0 Å². The molecule has 0 amide bonds. The van der Waals surface area contributed by atoms with Crippen LogP contribution in [0.1, 0.15) is 13.8 Å². The fourth-order valence-electron chi connectivity index (χ4n) is 0.508. The molecule has 0 radical (unpaired) electrons. The third-order valence-corrected chi connectivity index (χ3v) is 0.986. The summed E-state index contributed by atoms with van der Waals surface area (Å²) in [6.45, 7) is 3.34. The van der Waals surface area contributed by atoms with Gasteiger partial charge in [-0.2, -0.15) is 0 Å². The number of ketones is 1. The molecule has 0 saturated heterocycles. The van der Waals surface area contributed by atoms with Crippen molar-refractivity contribution in [2.75, 3.05) is 7.05 Å². The Kier molecular flexibility index (Phi) is 3.60. The summed E-state index contributed by atoms with van der Waals surface area (Å²) in [7, 11) is 1.65. The fourth-order valence-corrected chi connectivity index (χ4v) is 0.508. The van der Waals surface area contributed by atoms with Crippen LogP contribution in [0.3, 0.4) is 0 Å². The first-order chi connectivity index (χ1) is 4.22. The quantitative estimate of drug-likeness (QED) is 0.403. The van der Waals surface area contributed by atoms with E-state index >= 15 is 0 Å². The van der Waals surface area contributed by atoms with Gasteiger partial charge in [0.2, 0.25) is 0 Å². The Labute approximate surface area is 55.3 Å². The normalized spacial score (nSPS) is 12.6. The summed E-state index contributed by atoms with van der Waals surface area (Å²) >= 11 is 0. The molecule has 0 rings (SSSR count). The van der Waals surface area contributed by atoms with Crippen molar-refractivity contribution in [3.63, 3.8) is 0 Å². The molecule has 0 bridgehead atoms. The first kappa shape index (κ1) is 8.08. The van der Waals surface area contributed by atoms with Crippen molar-refractivity contribution in [1.29, 1.82) is 0 Å². The van der Waals surface area contributed by atoms with E-state index in [-0.39, 0.29) is 5.78 Å². The molecule has 0 unspecified atom stereocenters. The maximum absolute atomic E-state index is 10.6. The number of carbonyl (C=O) groups is 1. The average molecular weight is 125 g/mol. The maximum atomic E-state index is 10.6. The first-order valence-electron chi connectivity index (χ1n) is 2.81. The fraction of sp³-hybridized carbons (Fsp3) is 0.429. The molecule has 0 heterocycles. The van der Waals surface area contributed by atoms with Gasteiger partial charge in [0.25, 0.3) is 0 Å². The van der Waals surface area contributed by atoms with Gasteiger partial charge in [0.15, 0.2) is 5.78 Å². The summed E-state index contributed by atoms with van der Waals surface area (Å²) in [6, 6.07) is 0. The maximum Gasteiger partial charge on any atom is 0.160 e. The zero-order chi connectivity index (χ0) is 7.28. The smallest absolute Gasteiger partial charge is 0.160 e. The molecule has 0 aromatic carbocycles. The topological polar surface area (TPSA) is 29.4 Å². The predicted molar refractivity (Wildman–Crippen MR) is 38.9 cm³/mol. The Balaban J connectivity index is 4.19. The number of nitrogens with zero attached hydrogens (tertiary/aromatic N) is 1. The van der Waals surface area contributed by atoms with E-state index in [2.05, 4.69) is 4.99 Å². The zero-order valence-electron chi connectivity index (χ0n) is 6.01. The Morgan fingerprint density at radius 2 is 2.11 bits per heavy atom. The molecular weight excluding hydrogens is 114 g/mol. The minimum Gasteiger partial charge on any atom is -0.296 e. The number of carbonyl (C=O) groups excluding carboxylic acids is 1. The van der Waals surface area contributed by atoms with E-state index in [1.807, 2.05) is 6.92 Å². The van der Waals surface area contributed by atoms with Crippen LogP contribution in [0.5, 0.6) is 0 Å². The highest BCUT2D eigenvalue weighted by Gasteiger charge is 1.94. The van der Waals surface area contributed by atoms with Crippen LogP contribution in [0, 0.1) is 0 Å². The highest BCUT2D eigenvalue weighted by atomic mass is 16.1. The van der Waals surface area contributed by atoms with Gasteiger partial charge < -0.3 is 0 Å². The molecule has 0 aliphatic rings. The minimum atomic E-state index is 0.0584. The highest BCUT2D eigenvalue weighted by molar-refractivity contribution is 6.11. The van der Waals surface area contributed by atoms with Crippen molar-refractivity contribution < 1.29 is 4.79 Å². The molecule has 0 fully saturated rings. The molecular formula is C7H11NO. The minimum absolute atomic E-state index is 0.0584. The molecule has 2 heteroatoms. The third-order valence-electron chi connectivity index (χ3n) is 0.986. The van der Waals surface area contributed by atoms with Gasteiger partial charge in [0, 0.05) is 18.8 Å². The second kappa shape index (κ2) is 4.01. The largest absolute Gasteiger partial charge is 0.296 e. The van der Waals surface area contributed by atoms with Crippen LogP contribution in [-0.2, 0) is 4.79 Å². The van der Waals surface area contributed by atoms with Crippen LogP contribution in [0.4, 0.5) is 0 Å². The van der Waals surface area contributed by atoms with Crippen LogP contribution in [0.2, 0.25) is 0 Å². The van der Waals surface area contributed by atoms with Crippen molar-refractivity contribution in [3.05, 3.63) is 11.6 Å². The highest BCUT2D eigenvalue weighted by Crippen LogP contribution is 1.90. The molecule has 0 aliphatic heterocycles. The van der Waals surface area contributed by atoms with Crippen molar-refractivity contribution in [1.82, 2.24) is 0 Å². The lowest BCUT2D eigenvalue weighted by Gasteiger charge is -1.88. The zero-order valence-corrected chi connectivity index (χ0v) is 6.01. The van der Waals surface area contributed by atoms with Crippen LogP contribution in [-0.4, -0.2) is 19.0 Å². The van der Waals surface area contributed by atoms with Crippen molar-refractivity contribution in [2.24, 2.45) is 4.99 Å². The third kappa shape index (κ3) is 2.80. The van der Waals surface area contributed by atoms with Gasteiger partial charge in [-0.1, -0.05) is 6.08 Å². The number of aliphatic imine (C=N–C) groups is 1. The molecule has 50 valence electrons. The second-order valence-corrected chi connectivity index (χ2v) is 1.69. The number of allylic oxidation sites excluding steroid dienone is 2. The SMILES string of the molecule is C/C=C(/C=NC)C(C)=O. The summed E-state index contributed by atoms with van der Waals surface area (Å²) in [6.07, 6.45) is 3.30. The lowest BCUT2D eigenvalue weighted by atomic mass is 10.2. The molecule has 0 atom stereocenters. The van der Waals surface area contributed by atoms with Crippen LogP contribution >= 0.6 is 0 Å². The number of rotatable bonds is 2. The number of hydrogen-bond donors (Lipinski definition) is 0. The second-order valence-electron chi connectivity index (χ2n) is 1.69. The van der Waals surface area contributed by atoms with Crippen LogP contribution in [0.25, 0.3) is 0 Å². The van der Waals surface area contributed by atoms with E-state index in [4.69, 9.17) is 0 Å². The van der Waals surface area contributed by atoms with Gasteiger partial charge >= 0.3 is 0 Å². The van der Waals surface area contributed by atoms with Gasteiger partial charge in [-0.3, -0.25) is 9.79 Å². The molecule has 9 heavy (non-hydrogen) atoms. The summed E-state index contributed by atoms with van der Waals surface area (Å²) < 4.78 is 0. The molecule has 0 aromatic rings. The van der Waals surface area contributed by atoms with Gasteiger partial charge in [-0.25, -0.2) is 0 Å². The van der Waals surface area contributed by atoms with Gasteiger partial charge in [0.05, 0.1) is 0 Å². The molecule has 0 aromatic heterocycles.